The van der Waals surface area contributed by atoms with Gasteiger partial charge in [-0.25, -0.2) is 26.3 Å². The number of benzene rings is 2. The summed E-state index contributed by atoms with van der Waals surface area (Å²) < 4.78 is 56.2. The molecular formula is C29H40Cl2N4O7S2. The average molecular weight is 692 g/mol. The van der Waals surface area contributed by atoms with Crippen molar-refractivity contribution in [2.24, 2.45) is 11.5 Å². The van der Waals surface area contributed by atoms with Crippen LogP contribution in [-0.4, -0.2) is 70.1 Å². The monoisotopic (exact) mass is 690 g/mol. The van der Waals surface area contributed by atoms with E-state index in [0.29, 0.717) is 49.9 Å². The van der Waals surface area contributed by atoms with E-state index in [4.69, 9.17) is 34.7 Å². The number of nitrogens with one attached hydrogen (secondary N) is 2. The second-order valence-corrected chi connectivity index (χ2v) is 14.7. The number of Topliss-reactive ketones (excluding diaryl/α,β-unsaturated/α-hetero) is 3. The summed E-state index contributed by atoms with van der Waals surface area (Å²) in [4.78, 5) is 39.9. The first-order valence-corrected chi connectivity index (χ1v) is 18.3. The largest absolute Gasteiger partial charge is 0.330 e. The van der Waals surface area contributed by atoms with Crippen molar-refractivity contribution in [3.63, 3.8) is 0 Å². The number of sulfonamides is 2. The van der Waals surface area contributed by atoms with Crippen LogP contribution in [0.5, 0.6) is 0 Å². The molecule has 0 spiro atoms. The molecule has 0 aliphatic rings. The summed E-state index contributed by atoms with van der Waals surface area (Å²) >= 11 is 12.5. The zero-order chi connectivity index (χ0) is 32.8. The first-order chi connectivity index (χ1) is 20.8. The molecule has 15 heteroatoms. The van der Waals surface area contributed by atoms with E-state index in [9.17, 15) is 31.2 Å². The van der Waals surface area contributed by atoms with Crippen molar-refractivity contribution < 1.29 is 31.2 Å². The Balaban J connectivity index is 2.21. The standard InChI is InChI=1S/C29H40Cl2N4O7S2/c30-25(27(36)23(15-7-9-17-32)34-43(39,40)19-21-11-3-1-4-12-21)29(38)26(31)28(37)24(16-8-10-18-33)35-44(41,42)20-22-13-5-2-6-14-22/h1-6,11-14,23-26,34-35H,7-10,15-20,32-33H2/t23-,24-,25?,26?/m0/s1. The van der Waals surface area contributed by atoms with Crippen molar-refractivity contribution in [1.29, 1.82) is 0 Å². The predicted octanol–water partition coefficient (Wildman–Crippen LogP) is 2.14. The Bertz CT molecular complexity index is 1320. The first kappa shape index (κ1) is 38.0. The van der Waals surface area contributed by atoms with Gasteiger partial charge in [-0.05, 0) is 49.9 Å². The van der Waals surface area contributed by atoms with E-state index in [1.165, 1.54) is 0 Å². The molecule has 0 bridgehead atoms. The number of halogens is 2. The second-order valence-electron chi connectivity index (χ2n) is 10.3. The highest BCUT2D eigenvalue weighted by molar-refractivity contribution is 7.89. The highest BCUT2D eigenvalue weighted by Gasteiger charge is 2.40. The molecule has 4 atom stereocenters. The molecule has 0 aliphatic carbocycles. The first-order valence-electron chi connectivity index (χ1n) is 14.2. The second kappa shape index (κ2) is 18.7. The Morgan fingerprint density at radius 1 is 0.591 bits per heavy atom. The number of nitrogens with two attached hydrogens (primary N) is 2. The van der Waals surface area contributed by atoms with E-state index >= 15 is 0 Å². The van der Waals surface area contributed by atoms with Crippen molar-refractivity contribution in [3.8, 4) is 0 Å². The van der Waals surface area contributed by atoms with Gasteiger partial charge in [0.1, 0.15) is 0 Å². The lowest BCUT2D eigenvalue weighted by atomic mass is 9.96. The van der Waals surface area contributed by atoms with Crippen LogP contribution in [-0.2, 0) is 45.9 Å². The molecule has 2 aromatic rings. The van der Waals surface area contributed by atoms with Gasteiger partial charge in [0.15, 0.2) is 28.1 Å². The van der Waals surface area contributed by atoms with Crippen molar-refractivity contribution in [2.45, 2.75) is 72.9 Å². The van der Waals surface area contributed by atoms with E-state index in [0.717, 1.165) is 0 Å². The van der Waals surface area contributed by atoms with Crippen LogP contribution in [0.1, 0.15) is 49.7 Å². The van der Waals surface area contributed by atoms with E-state index in [1.54, 1.807) is 60.7 Å². The SMILES string of the molecule is NCCCC[C@H](NS(=O)(=O)Cc1ccccc1)C(=O)C(Cl)C(=O)C(Cl)C(=O)[C@H](CCCCN)NS(=O)(=O)Cc1ccccc1. The van der Waals surface area contributed by atoms with Crippen molar-refractivity contribution in [2.75, 3.05) is 13.1 Å². The fourth-order valence-corrected chi connectivity index (χ4v) is 7.76. The van der Waals surface area contributed by atoms with E-state index in [1.807, 2.05) is 0 Å². The topological polar surface area (TPSA) is 196 Å². The molecule has 0 amide bonds. The maximum absolute atomic E-state index is 13.3. The van der Waals surface area contributed by atoms with Crippen LogP contribution in [0.4, 0.5) is 0 Å². The zero-order valence-corrected chi connectivity index (χ0v) is 27.4. The number of carbonyl (C=O) groups is 3. The normalized spacial score (nSPS) is 14.8. The molecule has 244 valence electrons. The van der Waals surface area contributed by atoms with Crippen LogP contribution in [0.25, 0.3) is 0 Å². The van der Waals surface area contributed by atoms with E-state index < -0.39 is 71.7 Å². The summed E-state index contributed by atoms with van der Waals surface area (Å²) in [5, 5.41) is -3.95. The Kier molecular flexibility index (Phi) is 16.1. The number of unbranched alkanes of at least 4 members (excludes halogenated alkanes) is 2. The smallest absolute Gasteiger partial charge is 0.216 e. The summed E-state index contributed by atoms with van der Waals surface area (Å²) in [5.41, 5.74) is 12.1. The molecule has 0 fully saturated rings. The molecule has 0 aromatic heterocycles. The third-order valence-electron chi connectivity index (χ3n) is 6.62. The van der Waals surface area contributed by atoms with Crippen molar-refractivity contribution in [3.05, 3.63) is 71.8 Å². The van der Waals surface area contributed by atoms with Gasteiger partial charge in [0.05, 0.1) is 23.6 Å². The van der Waals surface area contributed by atoms with Crippen molar-refractivity contribution in [1.82, 2.24) is 9.44 Å². The number of alkyl halides is 2. The van der Waals surface area contributed by atoms with Crippen LogP contribution in [0.3, 0.4) is 0 Å². The summed E-state index contributed by atoms with van der Waals surface area (Å²) in [6.45, 7) is 0.593. The number of carbonyl (C=O) groups excluding carboxylic acids is 3. The molecule has 2 rings (SSSR count). The van der Waals surface area contributed by atoms with Crippen LogP contribution in [0.15, 0.2) is 60.7 Å². The van der Waals surface area contributed by atoms with Gasteiger partial charge in [0, 0.05) is 0 Å². The molecule has 2 unspecified atom stereocenters. The molecule has 6 N–H and O–H groups in total. The van der Waals surface area contributed by atoms with Gasteiger partial charge in [-0.1, -0.05) is 73.5 Å². The Labute approximate surface area is 269 Å². The van der Waals surface area contributed by atoms with Crippen LogP contribution in [0.2, 0.25) is 0 Å². The van der Waals surface area contributed by atoms with Gasteiger partial charge < -0.3 is 11.5 Å². The highest BCUT2D eigenvalue weighted by Crippen LogP contribution is 2.19. The lowest BCUT2D eigenvalue weighted by molar-refractivity contribution is -0.130. The zero-order valence-electron chi connectivity index (χ0n) is 24.2. The van der Waals surface area contributed by atoms with Crippen LogP contribution in [0, 0.1) is 0 Å². The van der Waals surface area contributed by atoms with Gasteiger partial charge in [-0.3, -0.25) is 14.4 Å². The molecular weight excluding hydrogens is 651 g/mol. The van der Waals surface area contributed by atoms with Gasteiger partial charge in [-0.15, -0.1) is 23.2 Å². The number of hydrogen-bond acceptors (Lipinski definition) is 9. The average Bonchev–Trinajstić information content (AvgIpc) is 2.98. The lowest BCUT2D eigenvalue weighted by Gasteiger charge is -2.23. The maximum atomic E-state index is 13.3. The number of hydrogen-bond donors (Lipinski definition) is 4. The third kappa shape index (κ3) is 13.0. The third-order valence-corrected chi connectivity index (χ3v) is 10.2. The fourth-order valence-electron chi connectivity index (χ4n) is 4.37. The summed E-state index contributed by atoms with van der Waals surface area (Å²) in [7, 11) is -8.09. The van der Waals surface area contributed by atoms with Crippen LogP contribution < -0.4 is 20.9 Å². The molecule has 0 saturated heterocycles. The number of rotatable bonds is 22. The molecule has 0 heterocycles. The quantitative estimate of drug-likeness (QED) is 0.0813. The minimum atomic E-state index is -4.04. The predicted molar refractivity (Wildman–Crippen MR) is 172 cm³/mol. The summed E-state index contributed by atoms with van der Waals surface area (Å²) in [5.74, 6) is -3.97. The Morgan fingerprint density at radius 3 is 1.25 bits per heavy atom. The molecule has 0 aliphatic heterocycles. The maximum Gasteiger partial charge on any atom is 0.216 e. The minimum absolute atomic E-state index is 0.00243. The van der Waals surface area contributed by atoms with Gasteiger partial charge in [0.25, 0.3) is 0 Å². The number of ketones is 3. The summed E-state index contributed by atoms with van der Waals surface area (Å²) in [6.07, 6.45) is 1.68. The highest BCUT2D eigenvalue weighted by atomic mass is 35.5. The molecule has 2 aromatic carbocycles. The van der Waals surface area contributed by atoms with Gasteiger partial charge >= 0.3 is 0 Å². The minimum Gasteiger partial charge on any atom is -0.330 e. The Morgan fingerprint density at radius 2 is 0.932 bits per heavy atom. The molecule has 11 nitrogen and oxygen atoms in total. The van der Waals surface area contributed by atoms with Crippen molar-refractivity contribution >= 4 is 60.6 Å². The molecule has 44 heavy (non-hydrogen) atoms. The Hall–Kier alpha value is -2.23. The van der Waals surface area contributed by atoms with Gasteiger partial charge in [0.2, 0.25) is 20.0 Å². The van der Waals surface area contributed by atoms with E-state index in [-0.39, 0.29) is 12.8 Å². The van der Waals surface area contributed by atoms with E-state index in [2.05, 4.69) is 9.44 Å². The molecule has 0 saturated carbocycles. The lowest BCUT2D eigenvalue weighted by Crippen LogP contribution is -2.51. The van der Waals surface area contributed by atoms with Gasteiger partial charge in [-0.2, -0.15) is 0 Å². The molecule has 0 radical (unpaired) electrons. The fraction of sp³-hybridized carbons (Fsp3) is 0.483. The summed E-state index contributed by atoms with van der Waals surface area (Å²) in [6, 6.07) is 13.8. The van der Waals surface area contributed by atoms with Crippen LogP contribution >= 0.6 is 23.2 Å².